The molecule has 0 fully saturated rings. The average Bonchev–Trinajstić information content (AvgIpc) is 2.95. The monoisotopic (exact) mass is 338 g/mol. The van der Waals surface area contributed by atoms with Crippen LogP contribution in [0.5, 0.6) is 11.5 Å². The molecular weight excluding hydrogens is 320 g/mol. The number of carbonyl (C=O) groups excluding carboxylic acids is 2. The van der Waals surface area contributed by atoms with E-state index in [1.807, 2.05) is 24.3 Å². The summed E-state index contributed by atoms with van der Waals surface area (Å²) in [6.45, 7) is 1.89. The molecule has 128 valence electrons. The van der Waals surface area contributed by atoms with Gasteiger partial charge >= 0.3 is 5.97 Å². The third kappa shape index (κ3) is 3.71. The van der Waals surface area contributed by atoms with E-state index in [4.69, 9.17) is 9.47 Å². The first-order valence-electron chi connectivity index (χ1n) is 7.97. The fraction of sp³-hybridized carbons (Fsp3) is 0.200. The van der Waals surface area contributed by atoms with E-state index in [1.165, 1.54) is 12.7 Å². The molecule has 2 aromatic carbocycles. The molecular formula is C20H18O5. The Kier molecular flexibility index (Phi) is 4.84. The lowest BCUT2D eigenvalue weighted by Gasteiger charge is -2.05. The van der Waals surface area contributed by atoms with Gasteiger partial charge in [-0.3, -0.25) is 4.79 Å². The molecule has 25 heavy (non-hydrogen) atoms. The molecule has 5 heteroatoms. The van der Waals surface area contributed by atoms with Gasteiger partial charge in [0, 0.05) is 6.07 Å². The first kappa shape index (κ1) is 16.8. The number of ether oxygens (including phenoxy) is 3. The van der Waals surface area contributed by atoms with Gasteiger partial charge in [0.1, 0.15) is 11.5 Å². The van der Waals surface area contributed by atoms with Gasteiger partial charge in [-0.05, 0) is 35.8 Å². The summed E-state index contributed by atoms with van der Waals surface area (Å²) in [6, 6.07) is 12.8. The molecule has 3 rings (SSSR count). The van der Waals surface area contributed by atoms with Crippen LogP contribution in [-0.4, -0.2) is 25.5 Å². The summed E-state index contributed by atoms with van der Waals surface area (Å²) in [7, 11) is 1.29. The Hall–Kier alpha value is -3.08. The van der Waals surface area contributed by atoms with Crippen molar-refractivity contribution >= 4 is 17.8 Å². The van der Waals surface area contributed by atoms with Gasteiger partial charge in [-0.15, -0.1) is 0 Å². The summed E-state index contributed by atoms with van der Waals surface area (Å²) in [5.41, 5.74) is 2.61. The van der Waals surface area contributed by atoms with E-state index in [2.05, 4.69) is 11.7 Å². The van der Waals surface area contributed by atoms with E-state index in [0.29, 0.717) is 17.1 Å². The molecule has 5 nitrogen and oxygen atoms in total. The molecule has 0 amide bonds. The molecule has 1 aliphatic heterocycles. The molecule has 2 aromatic rings. The number of ketones is 1. The van der Waals surface area contributed by atoms with Crippen LogP contribution < -0.4 is 9.47 Å². The molecule has 0 radical (unpaired) electrons. The number of Topliss-reactive ketones (excluding diaryl/α,β-unsaturated/α-hetero) is 1. The number of rotatable bonds is 5. The predicted octanol–water partition coefficient (Wildman–Crippen LogP) is 3.42. The van der Waals surface area contributed by atoms with Crippen molar-refractivity contribution in [2.45, 2.75) is 13.3 Å². The van der Waals surface area contributed by atoms with Gasteiger partial charge in [0.25, 0.3) is 0 Å². The van der Waals surface area contributed by atoms with Crippen molar-refractivity contribution in [2.75, 3.05) is 13.7 Å². The SMILES string of the molecule is CCc1ccc(/C=C2/Oc3cc(OCC(=O)OC)ccc3C2=O)cc1. The summed E-state index contributed by atoms with van der Waals surface area (Å²) in [5.74, 6) is 0.473. The second-order valence-corrected chi connectivity index (χ2v) is 5.56. The van der Waals surface area contributed by atoms with Gasteiger partial charge in [0.2, 0.25) is 5.78 Å². The van der Waals surface area contributed by atoms with E-state index >= 15 is 0 Å². The van der Waals surface area contributed by atoms with Gasteiger partial charge in [0.15, 0.2) is 12.4 Å². The van der Waals surface area contributed by atoms with Crippen LogP contribution in [0.15, 0.2) is 48.2 Å². The van der Waals surface area contributed by atoms with E-state index in [1.54, 1.807) is 24.3 Å². The normalized spacial score (nSPS) is 14.2. The highest BCUT2D eigenvalue weighted by Gasteiger charge is 2.27. The zero-order valence-electron chi connectivity index (χ0n) is 14.1. The number of benzene rings is 2. The summed E-state index contributed by atoms with van der Waals surface area (Å²) in [4.78, 5) is 23.6. The van der Waals surface area contributed by atoms with Crippen LogP contribution in [-0.2, 0) is 16.0 Å². The summed E-state index contributed by atoms with van der Waals surface area (Å²) >= 11 is 0. The third-order valence-corrected chi connectivity index (χ3v) is 3.91. The Balaban J connectivity index is 1.77. The van der Waals surface area contributed by atoms with E-state index in [0.717, 1.165) is 12.0 Å². The van der Waals surface area contributed by atoms with Gasteiger partial charge in [-0.2, -0.15) is 0 Å². The molecule has 0 bridgehead atoms. The maximum atomic E-state index is 12.4. The van der Waals surface area contributed by atoms with Crippen molar-refractivity contribution in [1.29, 1.82) is 0 Å². The molecule has 0 unspecified atom stereocenters. The number of hydrogen-bond donors (Lipinski definition) is 0. The maximum absolute atomic E-state index is 12.4. The quantitative estimate of drug-likeness (QED) is 0.617. The summed E-state index contributed by atoms with van der Waals surface area (Å²) in [6.07, 6.45) is 2.68. The summed E-state index contributed by atoms with van der Waals surface area (Å²) < 4.78 is 15.5. The molecule has 0 aliphatic carbocycles. The Morgan fingerprint density at radius 2 is 1.92 bits per heavy atom. The number of aryl methyl sites for hydroxylation is 1. The van der Waals surface area contributed by atoms with Gasteiger partial charge in [-0.1, -0.05) is 31.2 Å². The zero-order valence-corrected chi connectivity index (χ0v) is 14.1. The fourth-order valence-electron chi connectivity index (χ4n) is 2.46. The topological polar surface area (TPSA) is 61.8 Å². The first-order valence-corrected chi connectivity index (χ1v) is 7.97. The van der Waals surface area contributed by atoms with Crippen LogP contribution in [0, 0.1) is 0 Å². The number of carbonyl (C=O) groups is 2. The van der Waals surface area contributed by atoms with Crippen molar-refractivity contribution in [3.63, 3.8) is 0 Å². The maximum Gasteiger partial charge on any atom is 0.343 e. The van der Waals surface area contributed by atoms with E-state index < -0.39 is 5.97 Å². The predicted molar refractivity (Wildman–Crippen MR) is 92.7 cm³/mol. The molecule has 0 N–H and O–H groups in total. The van der Waals surface area contributed by atoms with Crippen molar-refractivity contribution in [3.05, 3.63) is 64.9 Å². The van der Waals surface area contributed by atoms with Crippen LogP contribution in [0.2, 0.25) is 0 Å². The summed E-state index contributed by atoms with van der Waals surface area (Å²) in [5, 5.41) is 0. The van der Waals surface area contributed by atoms with Crippen molar-refractivity contribution < 1.29 is 23.8 Å². The first-order chi connectivity index (χ1) is 12.1. The zero-order chi connectivity index (χ0) is 17.8. The standard InChI is InChI=1S/C20H18O5/c1-3-13-4-6-14(7-5-13)10-18-20(22)16-9-8-15(11-17(16)25-18)24-12-19(21)23-2/h4-11H,3,12H2,1-2H3/b18-10+. The van der Waals surface area contributed by atoms with Crippen molar-refractivity contribution in [1.82, 2.24) is 0 Å². The Labute approximate surface area is 145 Å². The highest BCUT2D eigenvalue weighted by Crippen LogP contribution is 2.34. The second kappa shape index (κ2) is 7.21. The number of methoxy groups -OCH3 is 1. The minimum atomic E-state index is -0.478. The van der Waals surface area contributed by atoms with Gasteiger partial charge in [0.05, 0.1) is 12.7 Å². The Morgan fingerprint density at radius 1 is 1.16 bits per heavy atom. The Morgan fingerprint density at radius 3 is 2.60 bits per heavy atom. The second-order valence-electron chi connectivity index (χ2n) is 5.56. The van der Waals surface area contributed by atoms with E-state index in [9.17, 15) is 9.59 Å². The highest BCUT2D eigenvalue weighted by molar-refractivity contribution is 6.14. The minimum Gasteiger partial charge on any atom is -0.482 e. The number of hydrogen-bond acceptors (Lipinski definition) is 5. The number of allylic oxidation sites excluding steroid dienone is 1. The van der Waals surface area contributed by atoms with Crippen LogP contribution in [0.25, 0.3) is 6.08 Å². The lowest BCUT2D eigenvalue weighted by atomic mass is 10.1. The van der Waals surface area contributed by atoms with E-state index in [-0.39, 0.29) is 18.1 Å². The van der Waals surface area contributed by atoms with Gasteiger partial charge < -0.3 is 14.2 Å². The van der Waals surface area contributed by atoms with Crippen LogP contribution in [0.3, 0.4) is 0 Å². The van der Waals surface area contributed by atoms with Crippen molar-refractivity contribution in [2.24, 2.45) is 0 Å². The molecule has 0 atom stereocenters. The van der Waals surface area contributed by atoms with Crippen LogP contribution in [0.1, 0.15) is 28.4 Å². The van der Waals surface area contributed by atoms with Crippen LogP contribution >= 0.6 is 0 Å². The molecule has 0 saturated carbocycles. The molecule has 0 saturated heterocycles. The Bertz CT molecular complexity index is 834. The lowest BCUT2D eigenvalue weighted by Crippen LogP contribution is -2.12. The average molecular weight is 338 g/mol. The molecule has 1 aliphatic rings. The largest absolute Gasteiger partial charge is 0.482 e. The fourth-order valence-corrected chi connectivity index (χ4v) is 2.46. The minimum absolute atomic E-state index is 0.172. The molecule has 0 aromatic heterocycles. The third-order valence-electron chi connectivity index (χ3n) is 3.91. The smallest absolute Gasteiger partial charge is 0.343 e. The van der Waals surface area contributed by atoms with Crippen molar-refractivity contribution in [3.8, 4) is 11.5 Å². The molecule has 1 heterocycles. The number of esters is 1. The van der Waals surface area contributed by atoms with Gasteiger partial charge in [-0.25, -0.2) is 4.79 Å². The highest BCUT2D eigenvalue weighted by atomic mass is 16.6. The number of fused-ring (bicyclic) bond motifs is 1. The lowest BCUT2D eigenvalue weighted by molar-refractivity contribution is -0.142. The molecule has 0 spiro atoms. The van der Waals surface area contributed by atoms with Crippen LogP contribution in [0.4, 0.5) is 0 Å².